The second-order valence-corrected chi connectivity index (χ2v) is 11.0. The molecule has 0 saturated carbocycles. The van der Waals surface area contributed by atoms with Crippen LogP contribution < -0.4 is 0 Å². The van der Waals surface area contributed by atoms with Crippen molar-refractivity contribution in [2.45, 2.75) is 38.0 Å². The van der Waals surface area contributed by atoms with E-state index in [-0.39, 0.29) is 5.91 Å². The number of sulfonamides is 1. The largest absolute Gasteiger partial charge is 0.335 e. The Morgan fingerprint density at radius 3 is 2.46 bits per heavy atom. The third kappa shape index (κ3) is 3.75. The molecule has 0 bridgehead atoms. The van der Waals surface area contributed by atoms with E-state index in [2.05, 4.69) is 13.0 Å². The molecule has 1 aliphatic carbocycles. The van der Waals surface area contributed by atoms with Crippen molar-refractivity contribution in [3.8, 4) is 0 Å². The Morgan fingerprint density at radius 2 is 1.79 bits per heavy atom. The summed E-state index contributed by atoms with van der Waals surface area (Å²) in [6, 6.07) is 8.99. The maximum absolute atomic E-state index is 12.9. The molecule has 7 heteroatoms. The van der Waals surface area contributed by atoms with Crippen LogP contribution in [0.4, 0.5) is 0 Å². The molecule has 2 aliphatic rings. The number of amides is 1. The maximum Gasteiger partial charge on any atom is 0.264 e. The summed E-state index contributed by atoms with van der Waals surface area (Å²) in [4.78, 5) is 17.2. The molecule has 0 radical (unpaired) electrons. The summed E-state index contributed by atoms with van der Waals surface area (Å²) in [5, 5.41) is 0. The van der Waals surface area contributed by atoms with Gasteiger partial charge in [-0.3, -0.25) is 4.79 Å². The molecular formula is C21H26N2O3S2. The highest BCUT2D eigenvalue weighted by Crippen LogP contribution is 2.33. The summed E-state index contributed by atoms with van der Waals surface area (Å²) in [5.41, 5.74) is 2.36. The second-order valence-electron chi connectivity index (χ2n) is 7.92. The van der Waals surface area contributed by atoms with Crippen LogP contribution in [0.5, 0.6) is 0 Å². The standard InChI is InChI=1S/C21H26N2O3S2/c1-15-3-6-18(7-4-15)28(25,26)23-11-9-22(10-12-23)21(24)20-14-17-13-16(2)5-8-19(17)27-20/h3-4,6-7,14,16H,5,8-13H2,1-2H3/t16-/m0/s1. The molecule has 0 N–H and O–H groups in total. The number of thiophene rings is 1. The van der Waals surface area contributed by atoms with E-state index in [1.807, 2.05) is 19.1 Å². The van der Waals surface area contributed by atoms with Crippen molar-refractivity contribution in [2.75, 3.05) is 26.2 Å². The van der Waals surface area contributed by atoms with Crippen LogP contribution in [0, 0.1) is 12.8 Å². The van der Waals surface area contributed by atoms with Crippen molar-refractivity contribution in [1.82, 2.24) is 9.21 Å². The van der Waals surface area contributed by atoms with Crippen molar-refractivity contribution in [3.05, 3.63) is 51.2 Å². The summed E-state index contributed by atoms with van der Waals surface area (Å²) < 4.78 is 27.2. The maximum atomic E-state index is 12.9. The fourth-order valence-corrected chi connectivity index (χ4v) is 6.56. The van der Waals surface area contributed by atoms with Gasteiger partial charge in [-0.1, -0.05) is 24.6 Å². The molecule has 1 aliphatic heterocycles. The Balaban J connectivity index is 1.42. The average molecular weight is 419 g/mol. The van der Waals surface area contributed by atoms with E-state index < -0.39 is 10.0 Å². The fraction of sp³-hybridized carbons (Fsp3) is 0.476. The van der Waals surface area contributed by atoms with E-state index in [0.717, 1.165) is 23.3 Å². The second kappa shape index (κ2) is 7.61. The van der Waals surface area contributed by atoms with E-state index >= 15 is 0 Å². The Morgan fingerprint density at radius 1 is 1.11 bits per heavy atom. The molecule has 150 valence electrons. The molecule has 2 heterocycles. The van der Waals surface area contributed by atoms with Gasteiger partial charge in [-0.2, -0.15) is 4.31 Å². The molecule has 0 spiro atoms. The topological polar surface area (TPSA) is 57.7 Å². The zero-order valence-corrected chi connectivity index (χ0v) is 18.0. The SMILES string of the molecule is Cc1ccc(S(=O)(=O)N2CCN(C(=O)c3cc4c(s3)CC[C@H](C)C4)CC2)cc1. The highest BCUT2D eigenvalue weighted by molar-refractivity contribution is 7.89. The first-order valence-electron chi connectivity index (χ1n) is 9.82. The van der Waals surface area contributed by atoms with E-state index in [0.29, 0.717) is 37.0 Å². The molecule has 2 aromatic rings. The molecule has 1 saturated heterocycles. The average Bonchev–Trinajstić information content (AvgIpc) is 3.11. The summed E-state index contributed by atoms with van der Waals surface area (Å²) in [6.07, 6.45) is 3.31. The summed E-state index contributed by atoms with van der Waals surface area (Å²) in [6.45, 7) is 5.74. The quantitative estimate of drug-likeness (QED) is 0.768. The smallest absolute Gasteiger partial charge is 0.264 e. The van der Waals surface area contributed by atoms with Crippen molar-refractivity contribution in [1.29, 1.82) is 0 Å². The lowest BCUT2D eigenvalue weighted by Gasteiger charge is -2.33. The third-order valence-electron chi connectivity index (χ3n) is 5.72. The molecule has 5 nitrogen and oxygen atoms in total. The van der Waals surface area contributed by atoms with Crippen LogP contribution in [0.15, 0.2) is 35.2 Å². The van der Waals surface area contributed by atoms with Crippen LogP contribution in [0.25, 0.3) is 0 Å². The number of rotatable bonds is 3. The van der Waals surface area contributed by atoms with Crippen LogP contribution in [-0.4, -0.2) is 49.7 Å². The Kier molecular flexibility index (Phi) is 5.33. The number of carbonyl (C=O) groups excluding carboxylic acids is 1. The molecule has 1 aromatic heterocycles. The highest BCUT2D eigenvalue weighted by atomic mass is 32.2. The summed E-state index contributed by atoms with van der Waals surface area (Å²) >= 11 is 1.62. The first kappa shape index (κ1) is 19.6. The lowest BCUT2D eigenvalue weighted by Crippen LogP contribution is -2.50. The van der Waals surface area contributed by atoms with Gasteiger partial charge in [-0.15, -0.1) is 11.3 Å². The summed E-state index contributed by atoms with van der Waals surface area (Å²) in [5.74, 6) is 0.722. The summed E-state index contributed by atoms with van der Waals surface area (Å²) in [7, 11) is -3.50. The van der Waals surface area contributed by atoms with Gasteiger partial charge in [0.05, 0.1) is 9.77 Å². The highest BCUT2D eigenvalue weighted by Gasteiger charge is 2.31. The van der Waals surface area contributed by atoms with Gasteiger partial charge < -0.3 is 4.90 Å². The zero-order chi connectivity index (χ0) is 19.9. The molecule has 4 rings (SSSR count). The van der Waals surface area contributed by atoms with Crippen LogP contribution in [-0.2, 0) is 22.9 Å². The molecule has 1 fully saturated rings. The Labute approximate surface area is 171 Å². The van der Waals surface area contributed by atoms with E-state index in [1.54, 1.807) is 28.4 Å². The minimum Gasteiger partial charge on any atom is -0.335 e. The van der Waals surface area contributed by atoms with Gasteiger partial charge in [0.1, 0.15) is 0 Å². The number of fused-ring (bicyclic) bond motifs is 1. The lowest BCUT2D eigenvalue weighted by atomic mass is 9.90. The monoisotopic (exact) mass is 418 g/mol. The van der Waals surface area contributed by atoms with Gasteiger partial charge in [0.25, 0.3) is 5.91 Å². The number of carbonyl (C=O) groups is 1. The number of nitrogens with zero attached hydrogens (tertiary/aromatic N) is 2. The minimum absolute atomic E-state index is 0.0411. The molecule has 28 heavy (non-hydrogen) atoms. The lowest BCUT2D eigenvalue weighted by molar-refractivity contribution is 0.0702. The number of aryl methyl sites for hydroxylation is 2. The number of hydrogen-bond acceptors (Lipinski definition) is 4. The van der Waals surface area contributed by atoms with Gasteiger partial charge in [0, 0.05) is 31.1 Å². The van der Waals surface area contributed by atoms with Crippen LogP contribution in [0.1, 0.15) is 39.0 Å². The molecule has 1 amide bonds. The normalized spacial score (nSPS) is 20.8. The number of piperazine rings is 1. The molecular weight excluding hydrogens is 392 g/mol. The van der Waals surface area contributed by atoms with Crippen molar-refractivity contribution in [3.63, 3.8) is 0 Å². The Hall–Kier alpha value is -1.70. The zero-order valence-electron chi connectivity index (χ0n) is 16.3. The Bertz CT molecular complexity index is 972. The fourth-order valence-electron chi connectivity index (χ4n) is 3.96. The molecule has 0 unspecified atom stereocenters. The van der Waals surface area contributed by atoms with Crippen LogP contribution in [0.2, 0.25) is 0 Å². The van der Waals surface area contributed by atoms with Gasteiger partial charge in [-0.25, -0.2) is 8.42 Å². The van der Waals surface area contributed by atoms with Gasteiger partial charge in [-0.05, 0) is 55.9 Å². The number of hydrogen-bond donors (Lipinski definition) is 0. The van der Waals surface area contributed by atoms with Gasteiger partial charge >= 0.3 is 0 Å². The van der Waals surface area contributed by atoms with E-state index in [4.69, 9.17) is 0 Å². The van der Waals surface area contributed by atoms with Gasteiger partial charge in [0.2, 0.25) is 10.0 Å². The van der Waals surface area contributed by atoms with Crippen molar-refractivity contribution in [2.24, 2.45) is 5.92 Å². The first-order valence-corrected chi connectivity index (χ1v) is 12.1. The minimum atomic E-state index is -3.50. The predicted octanol–water partition coefficient (Wildman–Crippen LogP) is 3.33. The van der Waals surface area contributed by atoms with Crippen LogP contribution in [0.3, 0.4) is 0 Å². The van der Waals surface area contributed by atoms with Crippen molar-refractivity contribution >= 4 is 27.3 Å². The predicted molar refractivity (Wildman–Crippen MR) is 111 cm³/mol. The molecule has 1 atom stereocenters. The van der Waals surface area contributed by atoms with Crippen LogP contribution >= 0.6 is 11.3 Å². The van der Waals surface area contributed by atoms with E-state index in [1.165, 1.54) is 21.2 Å². The molecule has 1 aromatic carbocycles. The third-order valence-corrected chi connectivity index (χ3v) is 8.86. The van der Waals surface area contributed by atoms with E-state index in [9.17, 15) is 13.2 Å². The number of benzene rings is 1. The van der Waals surface area contributed by atoms with Crippen molar-refractivity contribution < 1.29 is 13.2 Å². The first-order chi connectivity index (χ1) is 13.3. The van der Waals surface area contributed by atoms with Gasteiger partial charge in [0.15, 0.2) is 0 Å².